The number of sulfonamides is 1. The Bertz CT molecular complexity index is 902. The molecule has 0 aliphatic rings. The summed E-state index contributed by atoms with van der Waals surface area (Å²) in [5.74, 6) is -3.43. The Balaban J connectivity index is 2.20. The van der Waals surface area contributed by atoms with Crippen LogP contribution in [0, 0.1) is 17.5 Å². The normalized spacial score (nSPS) is 12.5. The van der Waals surface area contributed by atoms with Crippen LogP contribution in [0.2, 0.25) is 0 Å². The molecule has 140 valence electrons. The van der Waals surface area contributed by atoms with Crippen LogP contribution < -0.4 is 9.62 Å². The van der Waals surface area contributed by atoms with E-state index in [1.165, 1.54) is 31.2 Å². The Kier molecular flexibility index (Phi) is 5.91. The van der Waals surface area contributed by atoms with Crippen molar-refractivity contribution in [2.45, 2.75) is 19.5 Å². The van der Waals surface area contributed by atoms with Gasteiger partial charge < -0.3 is 5.32 Å². The summed E-state index contributed by atoms with van der Waals surface area (Å²) in [7, 11) is -3.95. The third-order valence-corrected chi connectivity index (χ3v) is 4.87. The monoisotopic (exact) mass is 386 g/mol. The molecule has 0 fully saturated rings. The van der Waals surface area contributed by atoms with Crippen molar-refractivity contribution in [3.63, 3.8) is 0 Å². The molecule has 0 bridgehead atoms. The van der Waals surface area contributed by atoms with E-state index in [2.05, 4.69) is 5.32 Å². The summed E-state index contributed by atoms with van der Waals surface area (Å²) in [6.07, 6.45) is 0.859. The highest BCUT2D eigenvalue weighted by molar-refractivity contribution is 7.92. The van der Waals surface area contributed by atoms with Gasteiger partial charge in [0.2, 0.25) is 15.9 Å². The molecule has 0 radical (unpaired) electrons. The highest BCUT2D eigenvalue weighted by atomic mass is 32.2. The average Bonchev–Trinajstić information content (AvgIpc) is 2.56. The van der Waals surface area contributed by atoms with E-state index >= 15 is 0 Å². The number of hydrogen-bond acceptors (Lipinski definition) is 3. The fourth-order valence-electron chi connectivity index (χ4n) is 2.37. The van der Waals surface area contributed by atoms with Crippen LogP contribution in [-0.2, 0) is 21.4 Å². The van der Waals surface area contributed by atoms with Gasteiger partial charge in [0, 0.05) is 12.6 Å². The number of nitrogens with zero attached hydrogens (tertiary/aromatic N) is 1. The molecule has 2 aromatic carbocycles. The first-order valence-corrected chi connectivity index (χ1v) is 9.41. The Hall–Kier alpha value is -2.55. The van der Waals surface area contributed by atoms with Crippen LogP contribution >= 0.6 is 0 Å². The lowest BCUT2D eigenvalue weighted by atomic mass is 10.2. The van der Waals surface area contributed by atoms with Crippen molar-refractivity contribution in [1.29, 1.82) is 0 Å². The number of amides is 1. The lowest BCUT2D eigenvalue weighted by Gasteiger charge is -2.28. The van der Waals surface area contributed by atoms with Crippen molar-refractivity contribution in [2.75, 3.05) is 10.6 Å². The summed E-state index contributed by atoms with van der Waals surface area (Å²) in [4.78, 5) is 12.3. The lowest BCUT2D eigenvalue weighted by molar-refractivity contribution is -0.122. The maximum Gasteiger partial charge on any atom is 0.243 e. The molecule has 1 N–H and O–H groups in total. The summed E-state index contributed by atoms with van der Waals surface area (Å²) in [5.41, 5.74) is 0.446. The molecule has 2 aromatic rings. The predicted octanol–water partition coefficient (Wildman–Crippen LogP) is 2.57. The maximum atomic E-state index is 13.5. The predicted molar refractivity (Wildman–Crippen MR) is 91.4 cm³/mol. The molecule has 1 atom stereocenters. The van der Waals surface area contributed by atoms with Crippen LogP contribution in [0.5, 0.6) is 0 Å². The largest absolute Gasteiger partial charge is 0.350 e. The molecule has 0 aliphatic carbocycles. The van der Waals surface area contributed by atoms with Gasteiger partial charge in [-0.2, -0.15) is 0 Å². The minimum Gasteiger partial charge on any atom is -0.350 e. The van der Waals surface area contributed by atoms with Crippen molar-refractivity contribution < 1.29 is 26.4 Å². The molecule has 0 heterocycles. The van der Waals surface area contributed by atoms with Gasteiger partial charge in [-0.25, -0.2) is 21.6 Å². The van der Waals surface area contributed by atoms with Gasteiger partial charge in [0.25, 0.3) is 0 Å². The minimum absolute atomic E-state index is 0.0544. The van der Waals surface area contributed by atoms with E-state index in [4.69, 9.17) is 0 Å². The van der Waals surface area contributed by atoms with E-state index in [9.17, 15) is 26.4 Å². The zero-order valence-corrected chi connectivity index (χ0v) is 14.9. The fourth-order valence-corrected chi connectivity index (χ4v) is 3.54. The van der Waals surface area contributed by atoms with Gasteiger partial charge in [-0.1, -0.05) is 12.1 Å². The van der Waals surface area contributed by atoms with Gasteiger partial charge >= 0.3 is 0 Å². The average molecular weight is 386 g/mol. The van der Waals surface area contributed by atoms with Crippen LogP contribution in [0.1, 0.15) is 12.5 Å². The molecule has 5 nitrogen and oxygen atoms in total. The number of nitrogens with one attached hydrogen (secondary N) is 1. The molecule has 0 saturated heterocycles. The van der Waals surface area contributed by atoms with Crippen molar-refractivity contribution >= 4 is 21.6 Å². The third-order valence-electron chi connectivity index (χ3n) is 3.63. The Morgan fingerprint density at radius 1 is 1.08 bits per heavy atom. The number of anilines is 1. The number of carbonyl (C=O) groups is 1. The van der Waals surface area contributed by atoms with Gasteiger partial charge in [-0.15, -0.1) is 0 Å². The smallest absolute Gasteiger partial charge is 0.243 e. The van der Waals surface area contributed by atoms with E-state index < -0.39 is 39.4 Å². The first-order valence-electron chi connectivity index (χ1n) is 7.56. The Morgan fingerprint density at radius 3 is 2.23 bits per heavy atom. The van der Waals surface area contributed by atoms with Crippen molar-refractivity contribution in [3.8, 4) is 0 Å². The van der Waals surface area contributed by atoms with Crippen LogP contribution in [0.4, 0.5) is 18.9 Å². The highest BCUT2D eigenvalue weighted by Gasteiger charge is 2.29. The number of halogens is 3. The molecule has 0 aromatic heterocycles. The van der Waals surface area contributed by atoms with Crippen molar-refractivity contribution in [2.24, 2.45) is 0 Å². The summed E-state index contributed by atoms with van der Waals surface area (Å²) in [6, 6.07) is 6.77. The number of carbonyl (C=O) groups excluding carboxylic acids is 1. The van der Waals surface area contributed by atoms with Crippen LogP contribution in [0.25, 0.3) is 0 Å². The van der Waals surface area contributed by atoms with Crippen molar-refractivity contribution in [1.82, 2.24) is 5.32 Å². The highest BCUT2D eigenvalue weighted by Crippen LogP contribution is 2.23. The van der Waals surface area contributed by atoms with E-state index in [0.717, 1.165) is 18.4 Å². The van der Waals surface area contributed by atoms with Gasteiger partial charge in [0.05, 0.1) is 11.9 Å². The fraction of sp³-hybridized carbons (Fsp3) is 0.235. The quantitative estimate of drug-likeness (QED) is 0.830. The van der Waals surface area contributed by atoms with Crippen molar-refractivity contribution in [3.05, 3.63) is 65.5 Å². The summed E-state index contributed by atoms with van der Waals surface area (Å²) >= 11 is 0. The Morgan fingerprint density at radius 2 is 1.69 bits per heavy atom. The molecule has 0 unspecified atom stereocenters. The SMILES string of the molecule is C[C@H](C(=O)NCc1ccc(F)cc1)N(c1ccc(F)c(F)c1)S(C)(=O)=O. The molecule has 1 amide bonds. The molecule has 26 heavy (non-hydrogen) atoms. The van der Waals surface area contributed by atoms with Gasteiger partial charge in [-0.3, -0.25) is 9.10 Å². The van der Waals surface area contributed by atoms with Crippen LogP contribution in [0.15, 0.2) is 42.5 Å². The molecule has 0 saturated carbocycles. The topological polar surface area (TPSA) is 66.5 Å². The van der Waals surface area contributed by atoms with E-state index in [0.29, 0.717) is 15.9 Å². The summed E-state index contributed by atoms with van der Waals surface area (Å²) in [6.45, 7) is 1.38. The van der Waals surface area contributed by atoms with E-state index in [1.807, 2.05) is 0 Å². The van der Waals surface area contributed by atoms with E-state index in [-0.39, 0.29) is 12.2 Å². The third kappa shape index (κ3) is 4.75. The molecular formula is C17H17F3N2O3S. The van der Waals surface area contributed by atoms with E-state index in [1.54, 1.807) is 0 Å². The van der Waals surface area contributed by atoms with Crippen LogP contribution in [-0.4, -0.2) is 26.6 Å². The first-order chi connectivity index (χ1) is 12.1. The summed E-state index contributed by atoms with van der Waals surface area (Å²) < 4.78 is 64.3. The molecule has 0 aliphatic heterocycles. The second-order valence-corrected chi connectivity index (χ2v) is 7.54. The molecule has 0 spiro atoms. The molecule has 2 rings (SSSR count). The first kappa shape index (κ1) is 19.8. The maximum absolute atomic E-state index is 13.5. The minimum atomic E-state index is -3.95. The number of benzene rings is 2. The number of rotatable bonds is 6. The zero-order valence-electron chi connectivity index (χ0n) is 14.0. The molecule has 9 heteroatoms. The second-order valence-electron chi connectivity index (χ2n) is 5.68. The van der Waals surface area contributed by atoms with Crippen LogP contribution in [0.3, 0.4) is 0 Å². The Labute approximate surface area is 149 Å². The summed E-state index contributed by atoms with van der Waals surface area (Å²) in [5, 5.41) is 2.53. The molecular weight excluding hydrogens is 369 g/mol. The van der Waals surface area contributed by atoms with Gasteiger partial charge in [-0.05, 0) is 36.8 Å². The zero-order chi connectivity index (χ0) is 19.5. The second kappa shape index (κ2) is 7.77. The van der Waals surface area contributed by atoms with Gasteiger partial charge in [0.1, 0.15) is 11.9 Å². The number of hydrogen-bond donors (Lipinski definition) is 1. The lowest BCUT2D eigenvalue weighted by Crippen LogP contribution is -2.47. The standard InChI is InChI=1S/C17H17F3N2O3S/c1-11(17(23)21-10-12-3-5-13(18)6-4-12)22(26(2,24)25)14-7-8-15(19)16(20)9-14/h3-9,11H,10H2,1-2H3,(H,21,23)/t11-/m1/s1. The van der Waals surface area contributed by atoms with Gasteiger partial charge in [0.15, 0.2) is 11.6 Å².